The van der Waals surface area contributed by atoms with Gasteiger partial charge in [0.25, 0.3) is 0 Å². The van der Waals surface area contributed by atoms with E-state index in [4.69, 9.17) is 5.73 Å². The van der Waals surface area contributed by atoms with Gasteiger partial charge >= 0.3 is 0 Å². The van der Waals surface area contributed by atoms with Crippen molar-refractivity contribution in [2.24, 2.45) is 5.73 Å². The summed E-state index contributed by atoms with van der Waals surface area (Å²) in [6.07, 6.45) is 0.308. The summed E-state index contributed by atoms with van der Waals surface area (Å²) in [5.41, 5.74) is 6.73. The fourth-order valence-electron chi connectivity index (χ4n) is 2.05. The molecule has 0 atom stereocenters. The van der Waals surface area contributed by atoms with Gasteiger partial charge in [0, 0.05) is 13.0 Å². The molecule has 0 spiro atoms. The van der Waals surface area contributed by atoms with E-state index < -0.39 is 5.82 Å². The van der Waals surface area contributed by atoms with Crippen LogP contribution in [0.4, 0.5) is 15.8 Å². The van der Waals surface area contributed by atoms with Gasteiger partial charge in [0.05, 0.1) is 17.8 Å². The largest absolute Gasteiger partial charge is 0.330 e. The third-order valence-electron chi connectivity index (χ3n) is 3.11. The molecule has 2 amide bonds. The first kappa shape index (κ1) is 16.6. The Balaban J connectivity index is 2.09. The van der Waals surface area contributed by atoms with Gasteiger partial charge in [0.1, 0.15) is 5.82 Å². The first-order valence-corrected chi connectivity index (χ1v) is 7.21. The lowest BCUT2D eigenvalue weighted by molar-refractivity contribution is -0.116. The summed E-state index contributed by atoms with van der Waals surface area (Å²) in [5, 5.41) is 5.23. The summed E-state index contributed by atoms with van der Waals surface area (Å²) in [4.78, 5) is 23.7. The number of amides is 2. The Labute approximate surface area is 133 Å². The van der Waals surface area contributed by atoms with Crippen LogP contribution in [0, 0.1) is 5.82 Å². The average Bonchev–Trinajstić information content (AvgIpc) is 2.51. The van der Waals surface area contributed by atoms with E-state index in [0.29, 0.717) is 5.69 Å². The number of nitrogens with two attached hydrogens (primary N) is 1. The van der Waals surface area contributed by atoms with Gasteiger partial charge in [0.15, 0.2) is 0 Å². The predicted octanol–water partition coefficient (Wildman–Crippen LogP) is 2.29. The second kappa shape index (κ2) is 8.05. The van der Waals surface area contributed by atoms with E-state index in [2.05, 4.69) is 10.6 Å². The van der Waals surface area contributed by atoms with Crippen molar-refractivity contribution < 1.29 is 14.0 Å². The first-order valence-electron chi connectivity index (χ1n) is 7.21. The predicted molar refractivity (Wildman–Crippen MR) is 87.5 cm³/mol. The third-order valence-corrected chi connectivity index (χ3v) is 3.11. The van der Waals surface area contributed by atoms with E-state index in [1.807, 2.05) is 30.3 Å². The molecule has 6 heteroatoms. The SMILES string of the molecule is NCCC(=O)Nc1cc(F)ccc1NC(=O)Cc1ccccc1. The molecule has 0 aliphatic rings. The van der Waals surface area contributed by atoms with Crippen molar-refractivity contribution in [3.63, 3.8) is 0 Å². The maximum absolute atomic E-state index is 13.4. The van der Waals surface area contributed by atoms with E-state index in [1.165, 1.54) is 12.1 Å². The number of anilines is 2. The molecule has 0 aliphatic heterocycles. The molecule has 0 aliphatic carbocycles. The van der Waals surface area contributed by atoms with E-state index in [1.54, 1.807) is 0 Å². The summed E-state index contributed by atoms with van der Waals surface area (Å²) in [7, 11) is 0. The molecule has 0 unspecified atom stereocenters. The molecule has 0 fully saturated rings. The molecule has 0 radical (unpaired) electrons. The highest BCUT2D eigenvalue weighted by molar-refractivity contribution is 6.00. The lowest BCUT2D eigenvalue weighted by Crippen LogP contribution is -2.19. The third kappa shape index (κ3) is 5.19. The molecule has 0 aromatic heterocycles. The fourth-order valence-corrected chi connectivity index (χ4v) is 2.05. The highest BCUT2D eigenvalue weighted by Crippen LogP contribution is 2.23. The quantitative estimate of drug-likeness (QED) is 0.764. The molecule has 23 heavy (non-hydrogen) atoms. The van der Waals surface area contributed by atoms with Crippen LogP contribution in [-0.2, 0) is 16.0 Å². The van der Waals surface area contributed by atoms with Crippen LogP contribution >= 0.6 is 0 Å². The lowest BCUT2D eigenvalue weighted by atomic mass is 10.1. The number of halogens is 1. The minimum Gasteiger partial charge on any atom is -0.330 e. The van der Waals surface area contributed by atoms with Crippen molar-refractivity contribution in [1.29, 1.82) is 0 Å². The Hall–Kier alpha value is -2.73. The van der Waals surface area contributed by atoms with Crippen LogP contribution in [0.15, 0.2) is 48.5 Å². The lowest BCUT2D eigenvalue weighted by Gasteiger charge is -2.12. The van der Waals surface area contributed by atoms with Crippen molar-refractivity contribution in [2.75, 3.05) is 17.2 Å². The molecule has 2 aromatic rings. The summed E-state index contributed by atoms with van der Waals surface area (Å²) in [6.45, 7) is 0.191. The fraction of sp³-hybridized carbons (Fsp3) is 0.176. The molecule has 120 valence electrons. The summed E-state index contributed by atoms with van der Waals surface area (Å²) in [6, 6.07) is 13.0. The second-order valence-electron chi connectivity index (χ2n) is 4.99. The summed E-state index contributed by atoms with van der Waals surface area (Å²) >= 11 is 0. The molecule has 5 nitrogen and oxygen atoms in total. The first-order chi connectivity index (χ1) is 11.1. The molecule has 4 N–H and O–H groups in total. The van der Waals surface area contributed by atoms with E-state index >= 15 is 0 Å². The van der Waals surface area contributed by atoms with Crippen molar-refractivity contribution in [3.05, 3.63) is 59.9 Å². The highest BCUT2D eigenvalue weighted by Gasteiger charge is 2.11. The van der Waals surface area contributed by atoms with E-state index in [9.17, 15) is 14.0 Å². The monoisotopic (exact) mass is 315 g/mol. The van der Waals surface area contributed by atoms with Crippen LogP contribution in [-0.4, -0.2) is 18.4 Å². The summed E-state index contributed by atoms with van der Waals surface area (Å²) in [5.74, 6) is -1.09. The summed E-state index contributed by atoms with van der Waals surface area (Å²) < 4.78 is 13.4. The number of carbonyl (C=O) groups excluding carboxylic acids is 2. The molecule has 0 bridgehead atoms. The number of hydrogen-bond acceptors (Lipinski definition) is 3. The number of rotatable bonds is 6. The highest BCUT2D eigenvalue weighted by atomic mass is 19.1. The average molecular weight is 315 g/mol. The zero-order valence-electron chi connectivity index (χ0n) is 12.5. The minimum absolute atomic E-state index is 0.119. The normalized spacial score (nSPS) is 10.2. The molecular weight excluding hydrogens is 297 g/mol. The van der Waals surface area contributed by atoms with E-state index in [0.717, 1.165) is 11.6 Å². The zero-order valence-corrected chi connectivity index (χ0v) is 12.5. The van der Waals surface area contributed by atoms with Gasteiger partial charge in [0.2, 0.25) is 11.8 Å². The van der Waals surface area contributed by atoms with Crippen LogP contribution in [0.25, 0.3) is 0 Å². The van der Waals surface area contributed by atoms with Gasteiger partial charge in [-0.05, 0) is 23.8 Å². The van der Waals surface area contributed by atoms with E-state index in [-0.39, 0.29) is 36.9 Å². The van der Waals surface area contributed by atoms with Crippen molar-refractivity contribution in [2.45, 2.75) is 12.8 Å². The number of hydrogen-bond donors (Lipinski definition) is 3. The Bertz CT molecular complexity index is 689. The number of nitrogens with one attached hydrogen (secondary N) is 2. The minimum atomic E-state index is -0.505. The standard InChI is InChI=1S/C17H18FN3O2/c18-13-6-7-14(15(11-13)21-16(22)8-9-19)20-17(23)10-12-4-2-1-3-5-12/h1-7,11H,8-10,19H2,(H,20,23)(H,21,22). The van der Waals surface area contributed by atoms with Crippen LogP contribution < -0.4 is 16.4 Å². The zero-order chi connectivity index (χ0) is 16.7. The van der Waals surface area contributed by atoms with Gasteiger partial charge < -0.3 is 16.4 Å². The second-order valence-corrected chi connectivity index (χ2v) is 4.99. The maximum Gasteiger partial charge on any atom is 0.228 e. The maximum atomic E-state index is 13.4. The number of benzene rings is 2. The number of carbonyl (C=O) groups is 2. The molecule has 0 saturated heterocycles. The molecule has 2 aromatic carbocycles. The van der Waals surface area contributed by atoms with Crippen LogP contribution in [0.2, 0.25) is 0 Å². The Morgan fingerprint density at radius 1 is 0.957 bits per heavy atom. The Kier molecular flexibility index (Phi) is 5.82. The van der Waals surface area contributed by atoms with Gasteiger partial charge in [-0.2, -0.15) is 0 Å². The smallest absolute Gasteiger partial charge is 0.228 e. The van der Waals surface area contributed by atoms with Crippen molar-refractivity contribution in [1.82, 2.24) is 0 Å². The van der Waals surface area contributed by atoms with Crippen LogP contribution in [0.3, 0.4) is 0 Å². The Morgan fingerprint density at radius 2 is 1.65 bits per heavy atom. The Morgan fingerprint density at radius 3 is 2.35 bits per heavy atom. The topological polar surface area (TPSA) is 84.2 Å². The van der Waals surface area contributed by atoms with Gasteiger partial charge in [-0.3, -0.25) is 9.59 Å². The molecular formula is C17H18FN3O2. The molecule has 0 saturated carbocycles. The molecule has 2 rings (SSSR count). The van der Waals surface area contributed by atoms with Crippen molar-refractivity contribution in [3.8, 4) is 0 Å². The van der Waals surface area contributed by atoms with Gasteiger partial charge in [-0.15, -0.1) is 0 Å². The van der Waals surface area contributed by atoms with Gasteiger partial charge in [-0.1, -0.05) is 30.3 Å². The van der Waals surface area contributed by atoms with Gasteiger partial charge in [-0.25, -0.2) is 4.39 Å². The van der Waals surface area contributed by atoms with Crippen LogP contribution in [0.5, 0.6) is 0 Å². The van der Waals surface area contributed by atoms with Crippen molar-refractivity contribution >= 4 is 23.2 Å². The van der Waals surface area contributed by atoms with Crippen LogP contribution in [0.1, 0.15) is 12.0 Å². The molecule has 0 heterocycles.